The number of carboxylic acid groups (broad SMARTS) is 1. The molecule has 1 aromatic carbocycles. The van der Waals surface area contributed by atoms with Crippen LogP contribution in [0.5, 0.6) is 5.75 Å². The van der Waals surface area contributed by atoms with Gasteiger partial charge in [-0.15, -0.1) is 21.5 Å². The average molecular weight is 510 g/mol. The number of benzene rings is 1. The molecule has 0 spiro atoms. The van der Waals surface area contributed by atoms with Gasteiger partial charge < -0.3 is 14.6 Å². The molecular formula is C20H17ClFN5O4S2. The van der Waals surface area contributed by atoms with Gasteiger partial charge in [0, 0.05) is 29.4 Å². The van der Waals surface area contributed by atoms with Gasteiger partial charge in [-0.3, -0.25) is 9.30 Å². The molecule has 4 aromatic rings. The summed E-state index contributed by atoms with van der Waals surface area (Å²) in [6, 6.07) is 2.01. The van der Waals surface area contributed by atoms with Crippen LogP contribution < -0.4 is 4.74 Å². The molecule has 1 amide bonds. The van der Waals surface area contributed by atoms with Crippen LogP contribution in [0.4, 0.5) is 9.18 Å². The number of thiazole rings is 1. The highest BCUT2D eigenvalue weighted by atomic mass is 35.5. The predicted octanol–water partition coefficient (Wildman–Crippen LogP) is 4.87. The van der Waals surface area contributed by atoms with Crippen molar-refractivity contribution in [3.63, 3.8) is 0 Å². The molecule has 172 valence electrons. The van der Waals surface area contributed by atoms with E-state index in [1.165, 1.54) is 34.8 Å². The summed E-state index contributed by atoms with van der Waals surface area (Å²) in [5, 5.41) is 21.0. The average Bonchev–Trinajstić information content (AvgIpc) is 3.50. The highest BCUT2D eigenvalue weighted by Crippen LogP contribution is 2.37. The van der Waals surface area contributed by atoms with Gasteiger partial charge >= 0.3 is 6.09 Å². The van der Waals surface area contributed by atoms with Crippen molar-refractivity contribution < 1.29 is 23.8 Å². The number of hydrogen-bond acceptors (Lipinski definition) is 8. The molecule has 1 saturated heterocycles. The Morgan fingerprint density at radius 3 is 2.94 bits per heavy atom. The highest BCUT2D eigenvalue weighted by Gasteiger charge is 2.44. The van der Waals surface area contributed by atoms with Crippen LogP contribution in [0.3, 0.4) is 0 Å². The molecule has 33 heavy (non-hydrogen) atoms. The molecule has 4 heterocycles. The first kappa shape index (κ1) is 22.0. The summed E-state index contributed by atoms with van der Waals surface area (Å²) < 4.78 is 27.8. The van der Waals surface area contributed by atoms with Crippen LogP contribution in [0.1, 0.15) is 13.8 Å². The molecule has 1 atom stereocenters. The summed E-state index contributed by atoms with van der Waals surface area (Å²) in [5.41, 5.74) is 0.0650. The maximum atomic E-state index is 14.8. The Morgan fingerprint density at radius 1 is 1.39 bits per heavy atom. The van der Waals surface area contributed by atoms with E-state index in [-0.39, 0.29) is 24.0 Å². The molecule has 13 heteroatoms. The van der Waals surface area contributed by atoms with Crippen molar-refractivity contribution in [2.75, 3.05) is 13.2 Å². The van der Waals surface area contributed by atoms with Gasteiger partial charge in [0.1, 0.15) is 23.0 Å². The van der Waals surface area contributed by atoms with Crippen LogP contribution in [0.25, 0.3) is 26.2 Å². The molecule has 9 nitrogen and oxygen atoms in total. The lowest BCUT2D eigenvalue weighted by Gasteiger charge is -2.30. The maximum Gasteiger partial charge on any atom is 0.410 e. The van der Waals surface area contributed by atoms with E-state index in [0.717, 1.165) is 9.86 Å². The van der Waals surface area contributed by atoms with E-state index in [4.69, 9.17) is 21.1 Å². The largest absolute Gasteiger partial charge is 0.488 e. The minimum Gasteiger partial charge on any atom is -0.488 e. The quantitative estimate of drug-likeness (QED) is 0.409. The standard InChI is InChI=1S/C20H17ClFN5O4S2/c1-20(2)27(19(28)29)10(9-31-20)8-30-15-6-12(21)11(5-13(15)22)16-24-25-17(33-16)14-7-26-3-4-32-18(26)23-14/h3-7,10H,8-9H2,1-2H3,(H,28,29). The fourth-order valence-electron chi connectivity index (χ4n) is 3.65. The Kier molecular flexibility index (Phi) is 5.47. The van der Waals surface area contributed by atoms with Gasteiger partial charge in [0.25, 0.3) is 0 Å². The third-order valence-electron chi connectivity index (χ3n) is 5.20. The summed E-state index contributed by atoms with van der Waals surface area (Å²) in [5.74, 6) is -0.730. The monoisotopic (exact) mass is 509 g/mol. The normalized spacial score (nSPS) is 17.7. The van der Waals surface area contributed by atoms with Crippen molar-refractivity contribution in [1.29, 1.82) is 0 Å². The first-order chi connectivity index (χ1) is 15.7. The van der Waals surface area contributed by atoms with Gasteiger partial charge in [-0.25, -0.2) is 14.2 Å². The zero-order valence-corrected chi connectivity index (χ0v) is 19.7. The fourth-order valence-corrected chi connectivity index (χ4v) is 5.48. The Morgan fingerprint density at radius 2 is 2.18 bits per heavy atom. The number of nitrogens with zero attached hydrogens (tertiary/aromatic N) is 5. The number of aromatic nitrogens is 4. The third kappa shape index (κ3) is 4.03. The van der Waals surface area contributed by atoms with Crippen molar-refractivity contribution in [3.05, 3.63) is 40.7 Å². The van der Waals surface area contributed by atoms with Crippen molar-refractivity contribution in [2.24, 2.45) is 0 Å². The number of carbonyl (C=O) groups is 1. The first-order valence-electron chi connectivity index (χ1n) is 9.77. The van der Waals surface area contributed by atoms with Crippen molar-refractivity contribution in [3.8, 4) is 27.0 Å². The Labute approximate surface area is 200 Å². The van der Waals surface area contributed by atoms with Crippen molar-refractivity contribution in [2.45, 2.75) is 25.6 Å². The zero-order chi connectivity index (χ0) is 23.3. The number of hydrogen-bond donors (Lipinski definition) is 1. The second-order valence-corrected chi connectivity index (χ2v) is 10.0. The van der Waals surface area contributed by atoms with Gasteiger partial charge in [-0.05, 0) is 19.9 Å². The van der Waals surface area contributed by atoms with E-state index in [1.807, 2.05) is 22.2 Å². The van der Waals surface area contributed by atoms with Crippen LogP contribution in [-0.2, 0) is 4.74 Å². The van der Waals surface area contributed by atoms with Crippen LogP contribution in [0.2, 0.25) is 5.02 Å². The number of ether oxygens (including phenoxy) is 2. The lowest BCUT2D eigenvalue weighted by molar-refractivity contribution is -0.0430. The Hall–Kier alpha value is -2.80. The van der Waals surface area contributed by atoms with E-state index in [9.17, 15) is 14.3 Å². The van der Waals surface area contributed by atoms with Crippen LogP contribution in [0, 0.1) is 5.82 Å². The molecule has 0 bridgehead atoms. The summed E-state index contributed by atoms with van der Waals surface area (Å²) in [6.07, 6.45) is 2.62. The molecule has 1 N–H and O–H groups in total. The SMILES string of the molecule is CC1(C)OCC(COc2cc(Cl)c(-c3nnc(-c4cn5ccsc5n4)s3)cc2F)N1C(=O)O. The second-order valence-electron chi connectivity index (χ2n) is 7.77. The van der Waals surface area contributed by atoms with E-state index in [0.29, 0.717) is 21.3 Å². The summed E-state index contributed by atoms with van der Waals surface area (Å²) in [6.45, 7) is 3.36. The smallest absolute Gasteiger partial charge is 0.410 e. The maximum absolute atomic E-state index is 14.8. The van der Waals surface area contributed by atoms with E-state index in [2.05, 4.69) is 15.2 Å². The number of imidazole rings is 1. The molecule has 5 rings (SSSR count). The molecule has 1 aliphatic rings. The summed E-state index contributed by atoms with van der Waals surface area (Å²) in [4.78, 5) is 18.1. The highest BCUT2D eigenvalue weighted by molar-refractivity contribution is 7.18. The first-order valence-corrected chi connectivity index (χ1v) is 11.8. The van der Waals surface area contributed by atoms with Gasteiger partial charge in [0.2, 0.25) is 0 Å². The number of fused-ring (bicyclic) bond motifs is 1. The predicted molar refractivity (Wildman–Crippen MR) is 122 cm³/mol. The molecule has 0 saturated carbocycles. The minimum absolute atomic E-state index is 0.0806. The van der Waals surface area contributed by atoms with Gasteiger partial charge in [-0.1, -0.05) is 22.9 Å². The van der Waals surface area contributed by atoms with Gasteiger partial charge in [0.15, 0.2) is 21.5 Å². The molecule has 1 unspecified atom stereocenters. The molecule has 1 fully saturated rings. The van der Waals surface area contributed by atoms with Crippen molar-refractivity contribution >= 4 is 45.3 Å². The molecule has 3 aromatic heterocycles. The van der Waals surface area contributed by atoms with Crippen LogP contribution in [-0.4, -0.2) is 60.7 Å². The molecule has 0 aliphatic carbocycles. The molecule has 0 radical (unpaired) electrons. The molecular weight excluding hydrogens is 493 g/mol. The van der Waals surface area contributed by atoms with Gasteiger partial charge in [0.05, 0.1) is 17.7 Å². The Balaban J connectivity index is 1.34. The van der Waals surface area contributed by atoms with Crippen LogP contribution >= 0.6 is 34.3 Å². The second kappa shape index (κ2) is 8.20. The summed E-state index contributed by atoms with van der Waals surface area (Å²) in [7, 11) is 0. The zero-order valence-electron chi connectivity index (χ0n) is 17.4. The van der Waals surface area contributed by atoms with E-state index in [1.54, 1.807) is 13.8 Å². The van der Waals surface area contributed by atoms with Gasteiger partial charge in [-0.2, -0.15) is 0 Å². The lowest BCUT2D eigenvalue weighted by atomic mass is 10.2. The Bertz CT molecular complexity index is 1320. The number of amides is 1. The molecule has 1 aliphatic heterocycles. The third-order valence-corrected chi connectivity index (χ3v) is 7.26. The lowest BCUT2D eigenvalue weighted by Crippen LogP contribution is -2.49. The fraction of sp³-hybridized carbons (Fsp3) is 0.300. The van der Waals surface area contributed by atoms with E-state index >= 15 is 0 Å². The van der Waals surface area contributed by atoms with Crippen LogP contribution in [0.15, 0.2) is 29.9 Å². The van der Waals surface area contributed by atoms with E-state index < -0.39 is 23.7 Å². The van der Waals surface area contributed by atoms with Crippen molar-refractivity contribution in [1.82, 2.24) is 24.5 Å². The minimum atomic E-state index is -1.13. The number of halogens is 2. The summed E-state index contributed by atoms with van der Waals surface area (Å²) >= 11 is 9.16. The topological polar surface area (TPSA) is 102 Å². The number of rotatable bonds is 5.